The fraction of sp³-hybridized carbons (Fsp3) is 0.188. The van der Waals surface area contributed by atoms with Gasteiger partial charge in [0.15, 0.2) is 5.76 Å². The molecule has 3 rings (SSSR count). The van der Waals surface area contributed by atoms with Crippen LogP contribution in [0, 0.1) is 0 Å². The van der Waals surface area contributed by atoms with Crippen LogP contribution in [0.15, 0.2) is 51.5 Å². The van der Waals surface area contributed by atoms with Crippen molar-refractivity contribution in [3.05, 3.63) is 53.2 Å². The molecule has 0 spiro atoms. The Bertz CT molecular complexity index is 816. The first kappa shape index (κ1) is 16.2. The van der Waals surface area contributed by atoms with Gasteiger partial charge in [0.2, 0.25) is 5.91 Å². The van der Waals surface area contributed by atoms with Crippen molar-refractivity contribution < 1.29 is 13.6 Å². The van der Waals surface area contributed by atoms with E-state index in [-0.39, 0.29) is 30.4 Å². The Balaban J connectivity index is 1.52. The Morgan fingerprint density at radius 2 is 2.17 bits per heavy atom. The highest BCUT2D eigenvalue weighted by atomic mass is 35.5. The average Bonchev–Trinajstić information content (AvgIpc) is 3.23. The standard InChI is InChI=1S/C16H15ClN4O3/c1-10(11-4-2-5-12(17)8-11)18-9-14(22)19-16-21-20-15(24-16)13-6-3-7-23-13/h2-8,10,18H,9H2,1H3,(H,19,21,22). The molecular formula is C16H15ClN4O3. The molecule has 0 saturated carbocycles. The van der Waals surface area contributed by atoms with Crippen molar-refractivity contribution in [3.63, 3.8) is 0 Å². The van der Waals surface area contributed by atoms with E-state index in [1.54, 1.807) is 18.2 Å². The monoisotopic (exact) mass is 346 g/mol. The second-order valence-electron chi connectivity index (χ2n) is 5.10. The highest BCUT2D eigenvalue weighted by Crippen LogP contribution is 2.20. The Morgan fingerprint density at radius 1 is 1.29 bits per heavy atom. The Kier molecular flexibility index (Phi) is 4.93. The topological polar surface area (TPSA) is 93.2 Å². The highest BCUT2D eigenvalue weighted by molar-refractivity contribution is 6.30. The van der Waals surface area contributed by atoms with E-state index in [0.717, 1.165) is 5.56 Å². The van der Waals surface area contributed by atoms with Crippen LogP contribution in [0.1, 0.15) is 18.5 Å². The summed E-state index contributed by atoms with van der Waals surface area (Å²) >= 11 is 5.96. The van der Waals surface area contributed by atoms with E-state index >= 15 is 0 Å². The number of hydrogen-bond donors (Lipinski definition) is 2. The van der Waals surface area contributed by atoms with E-state index in [1.165, 1.54) is 6.26 Å². The molecule has 2 heterocycles. The summed E-state index contributed by atoms with van der Waals surface area (Å²) in [6, 6.07) is 10.8. The molecule has 7 nitrogen and oxygen atoms in total. The third-order valence-electron chi connectivity index (χ3n) is 3.32. The summed E-state index contributed by atoms with van der Waals surface area (Å²) < 4.78 is 10.5. The summed E-state index contributed by atoms with van der Waals surface area (Å²) in [6.07, 6.45) is 1.50. The second-order valence-corrected chi connectivity index (χ2v) is 5.53. The molecule has 0 aliphatic heterocycles. The summed E-state index contributed by atoms with van der Waals surface area (Å²) in [5.74, 6) is 0.352. The number of nitrogens with zero attached hydrogens (tertiary/aromatic N) is 2. The number of aromatic nitrogens is 2. The number of rotatable bonds is 6. The first-order valence-corrected chi connectivity index (χ1v) is 7.65. The molecule has 0 bridgehead atoms. The van der Waals surface area contributed by atoms with Gasteiger partial charge in [-0.2, -0.15) is 0 Å². The van der Waals surface area contributed by atoms with Crippen molar-refractivity contribution >= 4 is 23.5 Å². The van der Waals surface area contributed by atoms with Gasteiger partial charge in [0.25, 0.3) is 5.89 Å². The Labute approximate surface area is 143 Å². The number of carbonyl (C=O) groups is 1. The van der Waals surface area contributed by atoms with Gasteiger partial charge in [-0.1, -0.05) is 28.8 Å². The summed E-state index contributed by atoms with van der Waals surface area (Å²) in [5.41, 5.74) is 0.994. The predicted molar refractivity (Wildman–Crippen MR) is 88.5 cm³/mol. The molecule has 0 fully saturated rings. The quantitative estimate of drug-likeness (QED) is 0.711. The van der Waals surface area contributed by atoms with Crippen LogP contribution in [0.2, 0.25) is 5.02 Å². The number of amides is 1. The number of carbonyl (C=O) groups excluding carboxylic acids is 1. The van der Waals surface area contributed by atoms with Crippen LogP contribution < -0.4 is 10.6 Å². The number of halogens is 1. The van der Waals surface area contributed by atoms with E-state index in [9.17, 15) is 4.79 Å². The Morgan fingerprint density at radius 3 is 2.92 bits per heavy atom. The molecule has 0 aliphatic carbocycles. The van der Waals surface area contributed by atoms with Gasteiger partial charge in [-0.3, -0.25) is 10.1 Å². The van der Waals surface area contributed by atoms with E-state index < -0.39 is 0 Å². The second kappa shape index (κ2) is 7.29. The first-order chi connectivity index (χ1) is 11.6. The van der Waals surface area contributed by atoms with Gasteiger partial charge >= 0.3 is 6.01 Å². The lowest BCUT2D eigenvalue weighted by molar-refractivity contribution is -0.115. The lowest BCUT2D eigenvalue weighted by atomic mass is 10.1. The molecule has 3 aromatic rings. The predicted octanol–water partition coefficient (Wildman–Crippen LogP) is 3.27. The van der Waals surface area contributed by atoms with Crippen LogP contribution in [0.3, 0.4) is 0 Å². The fourth-order valence-electron chi connectivity index (χ4n) is 2.08. The first-order valence-electron chi connectivity index (χ1n) is 7.28. The van der Waals surface area contributed by atoms with Crippen molar-refractivity contribution in [1.82, 2.24) is 15.5 Å². The largest absolute Gasteiger partial charge is 0.459 e. The smallest absolute Gasteiger partial charge is 0.322 e. The number of nitrogens with one attached hydrogen (secondary N) is 2. The molecule has 1 atom stereocenters. The molecule has 2 N–H and O–H groups in total. The van der Waals surface area contributed by atoms with Crippen molar-refractivity contribution in [3.8, 4) is 11.7 Å². The lowest BCUT2D eigenvalue weighted by Gasteiger charge is -2.13. The van der Waals surface area contributed by atoms with Gasteiger partial charge in [-0.05, 0) is 36.8 Å². The zero-order valence-electron chi connectivity index (χ0n) is 12.8. The van der Waals surface area contributed by atoms with Crippen molar-refractivity contribution in [2.45, 2.75) is 13.0 Å². The van der Waals surface area contributed by atoms with Gasteiger partial charge in [0.05, 0.1) is 12.8 Å². The summed E-state index contributed by atoms with van der Waals surface area (Å²) in [7, 11) is 0. The highest BCUT2D eigenvalue weighted by Gasteiger charge is 2.14. The SMILES string of the molecule is CC(NCC(=O)Nc1nnc(-c2ccco2)o1)c1cccc(Cl)c1. The van der Waals surface area contributed by atoms with Crippen LogP contribution in [-0.4, -0.2) is 22.6 Å². The van der Waals surface area contributed by atoms with Gasteiger partial charge in [0.1, 0.15) is 0 Å². The van der Waals surface area contributed by atoms with Crippen LogP contribution in [-0.2, 0) is 4.79 Å². The molecule has 8 heteroatoms. The third kappa shape index (κ3) is 4.01. The molecule has 1 aromatic carbocycles. The van der Waals surface area contributed by atoms with Crippen LogP contribution >= 0.6 is 11.6 Å². The fourth-order valence-corrected chi connectivity index (χ4v) is 2.28. The molecule has 0 aliphatic rings. The average molecular weight is 347 g/mol. The van der Waals surface area contributed by atoms with Crippen LogP contribution in [0.5, 0.6) is 0 Å². The summed E-state index contributed by atoms with van der Waals surface area (Å²) in [6.45, 7) is 2.03. The molecule has 1 amide bonds. The minimum Gasteiger partial charge on any atom is -0.459 e. The maximum absolute atomic E-state index is 12.0. The van der Waals surface area contributed by atoms with Gasteiger partial charge in [0, 0.05) is 11.1 Å². The lowest BCUT2D eigenvalue weighted by Crippen LogP contribution is -2.30. The van der Waals surface area contributed by atoms with Crippen LogP contribution in [0.4, 0.5) is 6.01 Å². The van der Waals surface area contributed by atoms with Crippen LogP contribution in [0.25, 0.3) is 11.7 Å². The number of anilines is 1. The van der Waals surface area contributed by atoms with Crippen molar-refractivity contribution in [1.29, 1.82) is 0 Å². The number of hydrogen-bond acceptors (Lipinski definition) is 6. The number of furan rings is 1. The van der Waals surface area contributed by atoms with E-state index in [1.807, 2.05) is 25.1 Å². The van der Waals surface area contributed by atoms with E-state index in [4.69, 9.17) is 20.4 Å². The van der Waals surface area contributed by atoms with Gasteiger partial charge < -0.3 is 14.2 Å². The Hall–Kier alpha value is -2.64. The number of benzene rings is 1. The van der Waals surface area contributed by atoms with E-state index in [0.29, 0.717) is 10.8 Å². The van der Waals surface area contributed by atoms with Crippen molar-refractivity contribution in [2.24, 2.45) is 0 Å². The van der Waals surface area contributed by atoms with Gasteiger partial charge in [-0.15, -0.1) is 5.10 Å². The molecule has 2 aromatic heterocycles. The molecular weight excluding hydrogens is 332 g/mol. The normalized spacial score (nSPS) is 12.1. The maximum atomic E-state index is 12.0. The van der Waals surface area contributed by atoms with Crippen molar-refractivity contribution in [2.75, 3.05) is 11.9 Å². The summed E-state index contributed by atoms with van der Waals surface area (Å²) in [5, 5.41) is 13.8. The molecule has 0 saturated heterocycles. The maximum Gasteiger partial charge on any atom is 0.322 e. The van der Waals surface area contributed by atoms with E-state index in [2.05, 4.69) is 20.8 Å². The third-order valence-corrected chi connectivity index (χ3v) is 3.56. The molecule has 0 radical (unpaired) electrons. The molecule has 1 unspecified atom stereocenters. The van der Waals surface area contributed by atoms with Gasteiger partial charge in [-0.25, -0.2) is 0 Å². The zero-order chi connectivity index (χ0) is 16.9. The molecule has 124 valence electrons. The zero-order valence-corrected chi connectivity index (χ0v) is 13.6. The minimum absolute atomic E-state index is 0.0172. The molecule has 24 heavy (non-hydrogen) atoms. The summed E-state index contributed by atoms with van der Waals surface area (Å²) in [4.78, 5) is 12.0. The minimum atomic E-state index is -0.293.